The fourth-order valence-corrected chi connectivity index (χ4v) is 3.37. The first-order valence-corrected chi connectivity index (χ1v) is 9.24. The first-order valence-electron chi connectivity index (χ1n) is 9.24. The van der Waals surface area contributed by atoms with Gasteiger partial charge in [0.2, 0.25) is 0 Å². The number of aromatic nitrogens is 2. The van der Waals surface area contributed by atoms with Gasteiger partial charge in [0, 0.05) is 36.0 Å². The van der Waals surface area contributed by atoms with Crippen molar-refractivity contribution in [2.24, 2.45) is 0 Å². The van der Waals surface area contributed by atoms with E-state index in [-0.39, 0.29) is 5.91 Å². The number of hydrogen-bond acceptors (Lipinski definition) is 4. The van der Waals surface area contributed by atoms with Crippen molar-refractivity contribution in [2.45, 2.75) is 19.8 Å². The van der Waals surface area contributed by atoms with Gasteiger partial charge < -0.3 is 10.2 Å². The minimum Gasteiger partial charge on any atom is -0.357 e. The zero-order valence-corrected chi connectivity index (χ0v) is 15.4. The maximum atomic E-state index is 12.6. The molecule has 3 aromatic rings. The predicted octanol–water partition coefficient (Wildman–Crippen LogP) is 4.30. The van der Waals surface area contributed by atoms with Crippen molar-refractivity contribution in [3.05, 3.63) is 72.1 Å². The fourth-order valence-electron chi connectivity index (χ4n) is 3.37. The third kappa shape index (κ3) is 3.97. The van der Waals surface area contributed by atoms with Crippen LogP contribution in [0.3, 0.4) is 0 Å². The Bertz CT molecular complexity index is 964. The molecule has 1 aromatic heterocycles. The van der Waals surface area contributed by atoms with Crippen molar-refractivity contribution in [3.63, 3.8) is 0 Å². The molecule has 1 N–H and O–H groups in total. The SMILES string of the molecule is Cc1cccc(NC(=O)c2cccc(-c3cc(N4CCCC4)ncn3)c2)c1. The van der Waals surface area contributed by atoms with E-state index in [2.05, 4.69) is 20.2 Å². The van der Waals surface area contributed by atoms with Crippen LogP contribution in [0, 0.1) is 6.92 Å². The van der Waals surface area contributed by atoms with Crippen molar-refractivity contribution in [1.82, 2.24) is 9.97 Å². The summed E-state index contributed by atoms with van der Waals surface area (Å²) in [7, 11) is 0. The van der Waals surface area contributed by atoms with Gasteiger partial charge in [-0.2, -0.15) is 0 Å². The molecule has 1 saturated heterocycles. The summed E-state index contributed by atoms with van der Waals surface area (Å²) in [5.41, 5.74) is 4.25. The van der Waals surface area contributed by atoms with Gasteiger partial charge in [0.1, 0.15) is 12.1 Å². The maximum absolute atomic E-state index is 12.6. The molecular formula is C22H22N4O. The highest BCUT2D eigenvalue weighted by Crippen LogP contribution is 2.24. The first-order chi connectivity index (χ1) is 13.2. The average Bonchev–Trinajstić information content (AvgIpc) is 3.23. The summed E-state index contributed by atoms with van der Waals surface area (Å²) in [4.78, 5) is 23.7. The molecule has 2 aromatic carbocycles. The molecule has 2 heterocycles. The number of carbonyl (C=O) groups excluding carboxylic acids is 1. The highest BCUT2D eigenvalue weighted by atomic mass is 16.1. The molecule has 0 atom stereocenters. The third-order valence-corrected chi connectivity index (χ3v) is 4.78. The number of hydrogen-bond donors (Lipinski definition) is 1. The molecule has 0 unspecified atom stereocenters. The van der Waals surface area contributed by atoms with E-state index in [4.69, 9.17) is 0 Å². The molecular weight excluding hydrogens is 336 g/mol. The topological polar surface area (TPSA) is 58.1 Å². The Kier molecular flexibility index (Phi) is 4.83. The molecule has 5 heteroatoms. The molecule has 5 nitrogen and oxygen atoms in total. The molecule has 0 radical (unpaired) electrons. The quantitative estimate of drug-likeness (QED) is 0.755. The largest absolute Gasteiger partial charge is 0.357 e. The van der Waals surface area contributed by atoms with Crippen molar-refractivity contribution in [2.75, 3.05) is 23.3 Å². The maximum Gasteiger partial charge on any atom is 0.255 e. The van der Waals surface area contributed by atoms with Crippen molar-refractivity contribution < 1.29 is 4.79 Å². The van der Waals surface area contributed by atoms with Crippen LogP contribution in [0.15, 0.2) is 60.9 Å². The van der Waals surface area contributed by atoms with E-state index in [0.29, 0.717) is 5.56 Å². The summed E-state index contributed by atoms with van der Waals surface area (Å²) in [5, 5.41) is 2.95. The number of benzene rings is 2. The monoisotopic (exact) mass is 358 g/mol. The lowest BCUT2D eigenvalue weighted by Crippen LogP contribution is -2.19. The van der Waals surface area contributed by atoms with Crippen LogP contribution in [0.2, 0.25) is 0 Å². The Morgan fingerprint density at radius 3 is 2.63 bits per heavy atom. The van der Waals surface area contributed by atoms with Crippen LogP contribution >= 0.6 is 0 Å². The Morgan fingerprint density at radius 2 is 1.81 bits per heavy atom. The second kappa shape index (κ2) is 7.58. The zero-order valence-electron chi connectivity index (χ0n) is 15.4. The number of aryl methyl sites for hydroxylation is 1. The molecule has 0 bridgehead atoms. The Hall–Kier alpha value is -3.21. The van der Waals surface area contributed by atoms with Crippen LogP contribution in [-0.2, 0) is 0 Å². The summed E-state index contributed by atoms with van der Waals surface area (Å²) < 4.78 is 0. The molecule has 1 aliphatic heterocycles. The molecule has 1 fully saturated rings. The second-order valence-corrected chi connectivity index (χ2v) is 6.86. The summed E-state index contributed by atoms with van der Waals surface area (Å²) in [6.07, 6.45) is 4.00. The van der Waals surface area contributed by atoms with Gasteiger partial charge in [-0.15, -0.1) is 0 Å². The van der Waals surface area contributed by atoms with Crippen LogP contribution in [-0.4, -0.2) is 29.0 Å². The lowest BCUT2D eigenvalue weighted by Gasteiger charge is -2.16. The van der Waals surface area contributed by atoms with Gasteiger partial charge in [0.25, 0.3) is 5.91 Å². The van der Waals surface area contributed by atoms with E-state index in [1.807, 2.05) is 61.5 Å². The molecule has 0 spiro atoms. The van der Waals surface area contributed by atoms with Gasteiger partial charge in [-0.3, -0.25) is 4.79 Å². The molecule has 0 saturated carbocycles. The van der Waals surface area contributed by atoms with Crippen LogP contribution in [0.25, 0.3) is 11.3 Å². The van der Waals surface area contributed by atoms with Gasteiger partial charge in [-0.25, -0.2) is 9.97 Å². The minimum absolute atomic E-state index is 0.128. The van der Waals surface area contributed by atoms with Gasteiger partial charge in [-0.1, -0.05) is 24.3 Å². The van der Waals surface area contributed by atoms with E-state index in [1.54, 1.807) is 6.33 Å². The molecule has 0 aliphatic carbocycles. The van der Waals surface area contributed by atoms with Gasteiger partial charge in [0.15, 0.2) is 0 Å². The lowest BCUT2D eigenvalue weighted by molar-refractivity contribution is 0.102. The van der Waals surface area contributed by atoms with Crippen molar-refractivity contribution >= 4 is 17.4 Å². The second-order valence-electron chi connectivity index (χ2n) is 6.86. The molecule has 1 aliphatic rings. The number of carbonyl (C=O) groups is 1. The number of anilines is 2. The molecule has 1 amide bonds. The van der Waals surface area contributed by atoms with E-state index in [0.717, 1.165) is 41.4 Å². The predicted molar refractivity (Wildman–Crippen MR) is 108 cm³/mol. The minimum atomic E-state index is -0.128. The molecule has 27 heavy (non-hydrogen) atoms. The Labute approximate surface area is 159 Å². The zero-order chi connectivity index (χ0) is 18.6. The fraction of sp³-hybridized carbons (Fsp3) is 0.227. The number of nitrogens with zero attached hydrogens (tertiary/aromatic N) is 3. The number of nitrogens with one attached hydrogen (secondary N) is 1. The van der Waals surface area contributed by atoms with E-state index < -0.39 is 0 Å². The molecule has 4 rings (SSSR count). The van der Waals surface area contributed by atoms with E-state index in [9.17, 15) is 4.79 Å². The molecule has 136 valence electrons. The van der Waals surface area contributed by atoms with Gasteiger partial charge in [0.05, 0.1) is 5.69 Å². The van der Waals surface area contributed by atoms with Crippen LogP contribution in [0.4, 0.5) is 11.5 Å². The van der Waals surface area contributed by atoms with Gasteiger partial charge in [-0.05, 0) is 49.6 Å². The Balaban J connectivity index is 1.57. The third-order valence-electron chi connectivity index (χ3n) is 4.78. The standard InChI is InChI=1S/C22H22N4O/c1-16-6-4-9-19(12-16)25-22(27)18-8-5-7-17(13-18)20-14-21(24-15-23-20)26-10-2-3-11-26/h4-9,12-15H,2-3,10-11H2,1H3,(H,25,27). The summed E-state index contributed by atoms with van der Waals surface area (Å²) in [6.45, 7) is 4.08. The average molecular weight is 358 g/mol. The van der Waals surface area contributed by atoms with Crippen molar-refractivity contribution in [1.29, 1.82) is 0 Å². The highest BCUT2D eigenvalue weighted by Gasteiger charge is 2.15. The first kappa shape index (κ1) is 17.2. The summed E-state index contributed by atoms with van der Waals surface area (Å²) in [5.74, 6) is 0.823. The highest BCUT2D eigenvalue weighted by molar-refractivity contribution is 6.04. The van der Waals surface area contributed by atoms with Crippen LogP contribution in [0.5, 0.6) is 0 Å². The van der Waals surface area contributed by atoms with Crippen molar-refractivity contribution in [3.8, 4) is 11.3 Å². The van der Waals surface area contributed by atoms with E-state index in [1.165, 1.54) is 12.8 Å². The lowest BCUT2D eigenvalue weighted by atomic mass is 10.1. The normalized spacial score (nSPS) is 13.6. The summed E-state index contributed by atoms with van der Waals surface area (Å²) in [6, 6.07) is 17.3. The van der Waals surface area contributed by atoms with Crippen LogP contribution in [0.1, 0.15) is 28.8 Å². The number of amides is 1. The Morgan fingerprint density at radius 1 is 1.00 bits per heavy atom. The summed E-state index contributed by atoms with van der Waals surface area (Å²) >= 11 is 0. The number of rotatable bonds is 4. The van der Waals surface area contributed by atoms with Crippen LogP contribution < -0.4 is 10.2 Å². The van der Waals surface area contributed by atoms with E-state index >= 15 is 0 Å². The smallest absolute Gasteiger partial charge is 0.255 e. The van der Waals surface area contributed by atoms with Gasteiger partial charge >= 0.3 is 0 Å².